The monoisotopic (exact) mass is 174 g/mol. The molecule has 0 bridgehead atoms. The Kier molecular flexibility index (Phi) is 3.75. The Bertz CT molecular complexity index is 372. The van der Waals surface area contributed by atoms with Gasteiger partial charge in [0.2, 0.25) is 0 Å². The van der Waals surface area contributed by atoms with Crippen molar-refractivity contribution in [3.8, 4) is 0 Å². The molecule has 0 aromatic heterocycles. The molecule has 0 aliphatic heterocycles. The molecule has 1 aromatic rings. The lowest BCUT2D eigenvalue weighted by atomic mass is 10.1. The van der Waals surface area contributed by atoms with Gasteiger partial charge in [-0.15, -0.1) is 0 Å². The second-order valence-electron chi connectivity index (χ2n) is 3.17. The summed E-state index contributed by atoms with van der Waals surface area (Å²) >= 11 is 0. The molecule has 0 fully saturated rings. The van der Waals surface area contributed by atoms with Crippen molar-refractivity contribution in [2.75, 3.05) is 0 Å². The van der Waals surface area contributed by atoms with Gasteiger partial charge in [0.25, 0.3) is 0 Å². The minimum absolute atomic E-state index is 1.11. The molecule has 0 spiro atoms. The Balaban J connectivity index is 3.49. The van der Waals surface area contributed by atoms with E-state index >= 15 is 0 Å². The third-order valence-electron chi connectivity index (χ3n) is 2.33. The van der Waals surface area contributed by atoms with E-state index in [0.717, 1.165) is 12.8 Å². The molecule has 0 saturated carbocycles. The van der Waals surface area contributed by atoms with Gasteiger partial charge in [0, 0.05) is 0 Å². The van der Waals surface area contributed by atoms with E-state index in [4.69, 9.17) is 0 Å². The van der Waals surface area contributed by atoms with Gasteiger partial charge in [-0.05, 0) is 35.8 Å². The summed E-state index contributed by atoms with van der Waals surface area (Å²) in [7, 11) is 0. The summed E-state index contributed by atoms with van der Waals surface area (Å²) in [5, 5.41) is 2.79. The van der Waals surface area contributed by atoms with Crippen LogP contribution in [0.2, 0.25) is 0 Å². The summed E-state index contributed by atoms with van der Waals surface area (Å²) < 4.78 is 0. The normalized spacial score (nSPS) is 13.8. The highest BCUT2D eigenvalue weighted by molar-refractivity contribution is 5.35. The van der Waals surface area contributed by atoms with Gasteiger partial charge >= 0.3 is 0 Å². The van der Waals surface area contributed by atoms with Crippen LogP contribution in [-0.2, 0) is 6.42 Å². The number of hydrogen-bond acceptors (Lipinski definition) is 0. The molecule has 0 heterocycles. The predicted octanol–water partition coefficient (Wildman–Crippen LogP) is 2.24. The lowest BCUT2D eigenvalue weighted by Crippen LogP contribution is -2.27. The van der Waals surface area contributed by atoms with Crippen LogP contribution in [0.25, 0.3) is 12.2 Å². The summed E-state index contributed by atoms with van der Waals surface area (Å²) in [6.45, 7) is 6.50. The van der Waals surface area contributed by atoms with Gasteiger partial charge in [0.1, 0.15) is 0 Å². The minimum atomic E-state index is 1.11. The maximum Gasteiger partial charge on any atom is -0.0195 e. The van der Waals surface area contributed by atoms with Gasteiger partial charge in [-0.1, -0.05) is 44.2 Å². The summed E-state index contributed by atoms with van der Waals surface area (Å²) in [5.74, 6) is 0. The van der Waals surface area contributed by atoms with E-state index in [1.54, 1.807) is 0 Å². The van der Waals surface area contributed by atoms with Crippen LogP contribution in [0.15, 0.2) is 18.2 Å². The smallest absolute Gasteiger partial charge is 0.0195 e. The maximum atomic E-state index is 2.31. The van der Waals surface area contributed by atoms with E-state index in [1.165, 1.54) is 16.0 Å². The van der Waals surface area contributed by atoms with Crippen LogP contribution < -0.4 is 10.4 Å². The Morgan fingerprint density at radius 2 is 2.00 bits per heavy atom. The van der Waals surface area contributed by atoms with Gasteiger partial charge in [-0.25, -0.2) is 0 Å². The average molecular weight is 174 g/mol. The van der Waals surface area contributed by atoms with Crippen LogP contribution >= 0.6 is 0 Å². The first-order chi connectivity index (χ1) is 6.33. The first-order valence-electron chi connectivity index (χ1n) is 5.07. The highest BCUT2D eigenvalue weighted by Gasteiger charge is 1.91. The first-order valence-corrected chi connectivity index (χ1v) is 5.07. The molecular formula is C13H18. The molecule has 70 valence electrons. The standard InChI is InChI=1S/C13H18/c1-4-8-13-11(5-2)9-7-10-12(13)6-3/h5,7-10H,4,6H2,1-3H3/b11-5-,13-8+. The second-order valence-corrected chi connectivity index (χ2v) is 3.17. The molecule has 0 radical (unpaired) electrons. The molecule has 0 aliphatic carbocycles. The largest absolute Gasteiger partial charge is 0.0798 e. The van der Waals surface area contributed by atoms with E-state index in [2.05, 4.69) is 51.1 Å². The van der Waals surface area contributed by atoms with Crippen molar-refractivity contribution in [2.24, 2.45) is 0 Å². The molecule has 0 amide bonds. The van der Waals surface area contributed by atoms with Crippen LogP contribution in [0.1, 0.15) is 32.8 Å². The topological polar surface area (TPSA) is 0 Å². The van der Waals surface area contributed by atoms with E-state index < -0.39 is 0 Å². The molecule has 0 atom stereocenters. The number of rotatable bonds is 2. The van der Waals surface area contributed by atoms with Crippen molar-refractivity contribution >= 4 is 12.2 Å². The minimum Gasteiger partial charge on any atom is -0.0798 e. The molecule has 0 aliphatic rings. The van der Waals surface area contributed by atoms with E-state index in [9.17, 15) is 0 Å². The predicted molar refractivity (Wildman–Crippen MR) is 60.0 cm³/mol. The van der Waals surface area contributed by atoms with Gasteiger partial charge in [-0.2, -0.15) is 0 Å². The van der Waals surface area contributed by atoms with Crippen LogP contribution in [0.5, 0.6) is 0 Å². The van der Waals surface area contributed by atoms with E-state index in [1.807, 2.05) is 0 Å². The molecule has 0 heteroatoms. The van der Waals surface area contributed by atoms with Crippen molar-refractivity contribution in [1.82, 2.24) is 0 Å². The van der Waals surface area contributed by atoms with Crippen molar-refractivity contribution < 1.29 is 0 Å². The van der Waals surface area contributed by atoms with Gasteiger partial charge in [0.05, 0.1) is 0 Å². The molecular weight excluding hydrogens is 156 g/mol. The molecule has 1 rings (SSSR count). The van der Waals surface area contributed by atoms with Crippen LogP contribution in [0.3, 0.4) is 0 Å². The van der Waals surface area contributed by atoms with Crippen molar-refractivity contribution in [3.63, 3.8) is 0 Å². The summed E-state index contributed by atoms with van der Waals surface area (Å²) in [5.41, 5.74) is 1.46. The molecule has 0 N–H and O–H groups in total. The Labute approximate surface area is 80.6 Å². The van der Waals surface area contributed by atoms with Gasteiger partial charge in [-0.3, -0.25) is 0 Å². The van der Waals surface area contributed by atoms with E-state index in [-0.39, 0.29) is 0 Å². The fourth-order valence-electron chi connectivity index (χ4n) is 1.65. The molecule has 0 nitrogen and oxygen atoms in total. The zero-order chi connectivity index (χ0) is 9.68. The van der Waals surface area contributed by atoms with Gasteiger partial charge in [0.15, 0.2) is 0 Å². The van der Waals surface area contributed by atoms with Crippen LogP contribution in [0.4, 0.5) is 0 Å². The van der Waals surface area contributed by atoms with Gasteiger partial charge < -0.3 is 0 Å². The van der Waals surface area contributed by atoms with Crippen LogP contribution in [-0.4, -0.2) is 0 Å². The quantitative estimate of drug-likeness (QED) is 0.645. The van der Waals surface area contributed by atoms with Crippen molar-refractivity contribution in [2.45, 2.75) is 33.6 Å². The lowest BCUT2D eigenvalue weighted by molar-refractivity contribution is 1.11. The SMILES string of the molecule is C/C=c1/cccc(CC)/c1=C/CC. The molecule has 1 aromatic carbocycles. The van der Waals surface area contributed by atoms with Crippen molar-refractivity contribution in [1.29, 1.82) is 0 Å². The zero-order valence-electron chi connectivity index (χ0n) is 8.80. The first kappa shape index (κ1) is 10.0. The fourth-order valence-corrected chi connectivity index (χ4v) is 1.65. The summed E-state index contributed by atoms with van der Waals surface area (Å²) in [4.78, 5) is 0. The summed E-state index contributed by atoms with van der Waals surface area (Å²) in [6, 6.07) is 6.54. The average Bonchev–Trinajstić information content (AvgIpc) is 2.18. The Hall–Kier alpha value is -1.04. The fraction of sp³-hybridized carbons (Fsp3) is 0.385. The maximum absolute atomic E-state index is 2.31. The molecule has 0 unspecified atom stereocenters. The highest BCUT2D eigenvalue weighted by atomic mass is 14.0. The number of benzene rings is 1. The third-order valence-corrected chi connectivity index (χ3v) is 2.33. The van der Waals surface area contributed by atoms with Crippen molar-refractivity contribution in [3.05, 3.63) is 34.2 Å². The third kappa shape index (κ3) is 2.21. The Morgan fingerprint density at radius 3 is 2.54 bits per heavy atom. The number of aryl methyl sites for hydroxylation is 1. The Morgan fingerprint density at radius 1 is 1.23 bits per heavy atom. The highest BCUT2D eigenvalue weighted by Crippen LogP contribution is 1.90. The van der Waals surface area contributed by atoms with Crippen LogP contribution in [0, 0.1) is 0 Å². The lowest BCUT2D eigenvalue weighted by Gasteiger charge is -1.98. The zero-order valence-corrected chi connectivity index (χ0v) is 8.80. The second kappa shape index (κ2) is 4.86. The molecule has 13 heavy (non-hydrogen) atoms. The number of hydrogen-bond donors (Lipinski definition) is 0. The van der Waals surface area contributed by atoms with E-state index in [0.29, 0.717) is 0 Å². The molecule has 0 saturated heterocycles. The summed E-state index contributed by atoms with van der Waals surface area (Å²) in [6.07, 6.45) is 6.72.